The average Bonchev–Trinajstić information content (AvgIpc) is 2.28. The Kier molecular flexibility index (Phi) is 3.66. The Morgan fingerprint density at radius 1 is 1.07 bits per heavy atom. The molecule has 0 aromatic carbocycles. The molecule has 0 heterocycles. The van der Waals surface area contributed by atoms with Gasteiger partial charge >= 0.3 is 11.9 Å². The first-order valence-electron chi connectivity index (χ1n) is 4.91. The normalized spacial score (nSPS) is 20.0. The topological polar surface area (TPSA) is 74.6 Å². The lowest BCUT2D eigenvalue weighted by Gasteiger charge is -2.20. The molecule has 0 fully saturated rings. The van der Waals surface area contributed by atoms with Crippen LogP contribution in [0.1, 0.15) is 25.7 Å². The van der Waals surface area contributed by atoms with E-state index in [2.05, 4.69) is 0 Å². The van der Waals surface area contributed by atoms with Crippen LogP contribution in [0.15, 0.2) is 24.3 Å². The van der Waals surface area contributed by atoms with Gasteiger partial charge in [-0.1, -0.05) is 30.7 Å². The van der Waals surface area contributed by atoms with Gasteiger partial charge in [0.2, 0.25) is 0 Å². The van der Waals surface area contributed by atoms with Crippen molar-refractivity contribution >= 4 is 11.9 Å². The van der Waals surface area contributed by atoms with Gasteiger partial charge in [0.1, 0.15) is 0 Å². The van der Waals surface area contributed by atoms with E-state index in [0.29, 0.717) is 6.42 Å². The molecule has 1 aliphatic carbocycles. The fourth-order valence-electron chi connectivity index (χ4n) is 1.59. The fraction of sp³-hybridized carbons (Fsp3) is 0.455. The van der Waals surface area contributed by atoms with Crippen molar-refractivity contribution in [3.05, 3.63) is 24.3 Å². The van der Waals surface area contributed by atoms with Gasteiger partial charge in [0.05, 0.1) is 0 Å². The molecule has 0 unspecified atom stereocenters. The molecule has 0 saturated carbocycles. The van der Waals surface area contributed by atoms with Crippen LogP contribution in [0.4, 0.5) is 0 Å². The molecule has 0 radical (unpaired) electrons. The summed E-state index contributed by atoms with van der Waals surface area (Å²) in [5, 5.41) is 18.0. The molecule has 2 N–H and O–H groups in total. The summed E-state index contributed by atoms with van der Waals surface area (Å²) in [5.41, 5.74) is -1.76. The predicted molar refractivity (Wildman–Crippen MR) is 54.5 cm³/mol. The third-order valence-corrected chi connectivity index (χ3v) is 2.58. The Balaban J connectivity index is 3.02. The number of carboxylic acid groups (broad SMARTS) is 2. The molecule has 0 aromatic rings. The molecule has 0 spiro atoms. The van der Waals surface area contributed by atoms with Crippen LogP contribution in [0.25, 0.3) is 0 Å². The lowest BCUT2D eigenvalue weighted by molar-refractivity contribution is -0.161. The molecule has 82 valence electrons. The van der Waals surface area contributed by atoms with Crippen molar-refractivity contribution in [2.45, 2.75) is 25.7 Å². The predicted octanol–water partition coefficient (Wildman–Crippen LogP) is 1.83. The number of carboxylic acids is 2. The minimum absolute atomic E-state index is 0.149. The summed E-state index contributed by atoms with van der Waals surface area (Å²) in [7, 11) is 0. The maximum atomic E-state index is 11.0. The van der Waals surface area contributed by atoms with E-state index in [1.165, 1.54) is 12.2 Å². The van der Waals surface area contributed by atoms with Crippen LogP contribution in [-0.2, 0) is 9.59 Å². The van der Waals surface area contributed by atoms with E-state index < -0.39 is 17.4 Å². The highest BCUT2D eigenvalue weighted by Crippen LogP contribution is 2.29. The molecule has 1 rings (SSSR count). The summed E-state index contributed by atoms with van der Waals surface area (Å²) >= 11 is 0. The number of aliphatic carboxylic acids is 2. The molecule has 0 aromatic heterocycles. The smallest absolute Gasteiger partial charge is 0.324 e. The highest BCUT2D eigenvalue weighted by atomic mass is 16.4. The number of rotatable bonds is 2. The van der Waals surface area contributed by atoms with Gasteiger partial charge in [-0.2, -0.15) is 0 Å². The zero-order valence-electron chi connectivity index (χ0n) is 8.35. The summed E-state index contributed by atoms with van der Waals surface area (Å²) < 4.78 is 0. The Labute approximate surface area is 87.9 Å². The first-order chi connectivity index (χ1) is 7.09. The monoisotopic (exact) mass is 210 g/mol. The molecule has 0 saturated heterocycles. The van der Waals surface area contributed by atoms with Gasteiger partial charge in [-0.25, -0.2) is 0 Å². The molecule has 4 nitrogen and oxygen atoms in total. The minimum Gasteiger partial charge on any atom is -0.480 e. The van der Waals surface area contributed by atoms with Crippen LogP contribution in [0.3, 0.4) is 0 Å². The van der Waals surface area contributed by atoms with Gasteiger partial charge in [0.15, 0.2) is 5.41 Å². The van der Waals surface area contributed by atoms with Crippen molar-refractivity contribution in [2.75, 3.05) is 0 Å². The lowest BCUT2D eigenvalue weighted by atomic mass is 9.82. The molecule has 0 amide bonds. The highest BCUT2D eigenvalue weighted by molar-refractivity contribution is 6.00. The van der Waals surface area contributed by atoms with Crippen molar-refractivity contribution in [2.24, 2.45) is 5.41 Å². The Hall–Kier alpha value is -1.58. The summed E-state index contributed by atoms with van der Waals surface area (Å²) in [6, 6.07) is 0. The zero-order chi connectivity index (χ0) is 11.3. The number of allylic oxidation sites excluding steroid dienone is 3. The third kappa shape index (κ3) is 2.46. The van der Waals surface area contributed by atoms with Crippen LogP contribution >= 0.6 is 0 Å². The van der Waals surface area contributed by atoms with Crippen LogP contribution < -0.4 is 0 Å². The molecule has 1 aliphatic rings. The van der Waals surface area contributed by atoms with E-state index in [1.54, 1.807) is 6.08 Å². The summed E-state index contributed by atoms with van der Waals surface area (Å²) in [6.45, 7) is 0. The molecule has 0 aliphatic heterocycles. The van der Waals surface area contributed by atoms with Crippen LogP contribution in [0.5, 0.6) is 0 Å². The first-order valence-corrected chi connectivity index (χ1v) is 4.91. The van der Waals surface area contributed by atoms with E-state index in [1.807, 2.05) is 6.08 Å². The van der Waals surface area contributed by atoms with Gasteiger partial charge in [-0.15, -0.1) is 0 Å². The largest absolute Gasteiger partial charge is 0.480 e. The Morgan fingerprint density at radius 2 is 1.73 bits per heavy atom. The summed E-state index contributed by atoms with van der Waals surface area (Å²) in [5.74, 6) is -2.58. The van der Waals surface area contributed by atoms with Gasteiger partial charge in [-0.3, -0.25) is 9.59 Å². The first kappa shape index (κ1) is 11.5. The quantitative estimate of drug-likeness (QED) is 0.682. The van der Waals surface area contributed by atoms with E-state index in [9.17, 15) is 9.59 Å². The van der Waals surface area contributed by atoms with Crippen molar-refractivity contribution in [1.29, 1.82) is 0 Å². The van der Waals surface area contributed by atoms with E-state index in [-0.39, 0.29) is 6.42 Å². The molecule has 4 heteroatoms. The maximum absolute atomic E-state index is 11.0. The zero-order valence-corrected chi connectivity index (χ0v) is 8.35. The third-order valence-electron chi connectivity index (χ3n) is 2.58. The summed E-state index contributed by atoms with van der Waals surface area (Å²) in [6.07, 6.45) is 8.82. The number of carbonyl (C=O) groups is 2. The fourth-order valence-corrected chi connectivity index (χ4v) is 1.59. The van der Waals surface area contributed by atoms with Gasteiger partial charge < -0.3 is 10.2 Å². The van der Waals surface area contributed by atoms with E-state index >= 15 is 0 Å². The maximum Gasteiger partial charge on any atom is 0.324 e. The van der Waals surface area contributed by atoms with Crippen molar-refractivity contribution in [3.63, 3.8) is 0 Å². The second-order valence-corrected chi connectivity index (χ2v) is 3.61. The minimum atomic E-state index is -1.76. The molecular weight excluding hydrogens is 196 g/mol. The molecule has 0 bridgehead atoms. The van der Waals surface area contributed by atoms with Gasteiger partial charge in [-0.05, 0) is 19.3 Å². The van der Waals surface area contributed by atoms with Gasteiger partial charge in [0, 0.05) is 0 Å². The van der Waals surface area contributed by atoms with E-state index in [0.717, 1.165) is 12.8 Å². The Bertz CT molecular complexity index is 301. The van der Waals surface area contributed by atoms with Crippen molar-refractivity contribution in [1.82, 2.24) is 0 Å². The van der Waals surface area contributed by atoms with Crippen LogP contribution in [0, 0.1) is 5.41 Å². The highest BCUT2D eigenvalue weighted by Gasteiger charge is 2.43. The number of hydrogen-bond acceptors (Lipinski definition) is 2. The SMILES string of the molecule is O=C(O)C1(C(=O)O)C=CC=CCCCC1. The van der Waals surface area contributed by atoms with Crippen LogP contribution in [-0.4, -0.2) is 22.2 Å². The number of hydrogen-bond donors (Lipinski definition) is 2. The molecule has 15 heavy (non-hydrogen) atoms. The van der Waals surface area contributed by atoms with Crippen molar-refractivity contribution in [3.8, 4) is 0 Å². The summed E-state index contributed by atoms with van der Waals surface area (Å²) in [4.78, 5) is 22.1. The lowest BCUT2D eigenvalue weighted by Crippen LogP contribution is -2.37. The molecular formula is C11H14O4. The standard InChI is InChI=1S/C11H14O4/c12-9(13)11(10(14)15)7-5-3-1-2-4-6-8-11/h1,3,5,7H,2,4,6,8H2,(H,12,13)(H,14,15). The average molecular weight is 210 g/mol. The van der Waals surface area contributed by atoms with Crippen molar-refractivity contribution < 1.29 is 19.8 Å². The molecule has 0 atom stereocenters. The second kappa shape index (κ2) is 4.77. The second-order valence-electron chi connectivity index (χ2n) is 3.61. The van der Waals surface area contributed by atoms with Crippen LogP contribution in [0.2, 0.25) is 0 Å². The van der Waals surface area contributed by atoms with E-state index in [4.69, 9.17) is 10.2 Å². The van der Waals surface area contributed by atoms with Gasteiger partial charge in [0.25, 0.3) is 0 Å². The Morgan fingerprint density at radius 3 is 2.33 bits per heavy atom.